The van der Waals surface area contributed by atoms with Gasteiger partial charge in [-0.2, -0.15) is 0 Å². The Morgan fingerprint density at radius 1 is 1.20 bits per heavy atom. The highest BCUT2D eigenvalue weighted by atomic mass is 32.2. The van der Waals surface area contributed by atoms with Crippen LogP contribution in [0.5, 0.6) is 0 Å². The number of thioether (sulfide) groups is 1. The summed E-state index contributed by atoms with van der Waals surface area (Å²) in [7, 11) is 0. The van der Waals surface area contributed by atoms with E-state index in [2.05, 4.69) is 20.6 Å². The number of thiophene rings is 1. The van der Waals surface area contributed by atoms with Gasteiger partial charge in [0.2, 0.25) is 5.91 Å². The summed E-state index contributed by atoms with van der Waals surface area (Å²) in [6, 6.07) is 10.9. The number of nitrogens with one attached hydrogen (secondary N) is 2. The van der Waals surface area contributed by atoms with Crippen LogP contribution in [0.1, 0.15) is 12.5 Å². The molecular weight excluding hydrogens is 356 g/mol. The molecule has 3 rings (SSSR count). The number of nitrogens with zero attached hydrogens (tertiary/aromatic N) is 2. The highest BCUT2D eigenvalue weighted by molar-refractivity contribution is 8.00. The van der Waals surface area contributed by atoms with E-state index in [1.165, 1.54) is 29.4 Å². The van der Waals surface area contributed by atoms with Gasteiger partial charge < -0.3 is 5.32 Å². The lowest BCUT2D eigenvalue weighted by molar-refractivity contribution is -0.119. The quantitative estimate of drug-likeness (QED) is 0.531. The van der Waals surface area contributed by atoms with E-state index in [9.17, 15) is 9.59 Å². The van der Waals surface area contributed by atoms with Crippen LogP contribution in [-0.2, 0) is 11.3 Å². The van der Waals surface area contributed by atoms with Gasteiger partial charge in [0.25, 0.3) is 0 Å². The van der Waals surface area contributed by atoms with E-state index in [-0.39, 0.29) is 5.91 Å². The monoisotopic (exact) mass is 372 g/mol. The van der Waals surface area contributed by atoms with Gasteiger partial charge in [0, 0.05) is 6.54 Å². The second kappa shape index (κ2) is 8.09. The number of hydrogen-bond donors (Lipinski definition) is 2. The standard InChI is InChI=1S/C17H16N4O2S2/c1-11(25-16-14-13(7-8-24-14)19-10-20-16)15(22)21-17(23)18-9-12-5-3-2-4-6-12/h2-8,10-11H,9H2,1H3,(H2,18,21,22,23). The molecule has 8 heteroatoms. The zero-order chi connectivity index (χ0) is 17.6. The lowest BCUT2D eigenvalue weighted by Crippen LogP contribution is -2.42. The van der Waals surface area contributed by atoms with Crippen molar-refractivity contribution in [3.05, 3.63) is 53.7 Å². The van der Waals surface area contributed by atoms with E-state index in [1.807, 2.05) is 41.8 Å². The number of fused-ring (bicyclic) bond motifs is 1. The minimum Gasteiger partial charge on any atom is -0.334 e. The van der Waals surface area contributed by atoms with Crippen LogP contribution in [0.2, 0.25) is 0 Å². The van der Waals surface area contributed by atoms with Gasteiger partial charge in [0.15, 0.2) is 0 Å². The fraction of sp³-hybridized carbons (Fsp3) is 0.176. The first-order valence-electron chi connectivity index (χ1n) is 7.61. The van der Waals surface area contributed by atoms with Gasteiger partial charge in [-0.1, -0.05) is 42.1 Å². The first-order valence-corrected chi connectivity index (χ1v) is 9.37. The third-order valence-corrected chi connectivity index (χ3v) is 5.54. The van der Waals surface area contributed by atoms with E-state index >= 15 is 0 Å². The van der Waals surface area contributed by atoms with Crippen LogP contribution in [0.4, 0.5) is 4.79 Å². The normalized spacial score (nSPS) is 11.9. The van der Waals surface area contributed by atoms with Crippen LogP contribution in [0.25, 0.3) is 10.2 Å². The number of aromatic nitrogens is 2. The Labute approximate surface area is 153 Å². The summed E-state index contributed by atoms with van der Waals surface area (Å²) in [6.07, 6.45) is 1.48. The highest BCUT2D eigenvalue weighted by Crippen LogP contribution is 2.31. The highest BCUT2D eigenvalue weighted by Gasteiger charge is 2.19. The Morgan fingerprint density at radius 2 is 2.00 bits per heavy atom. The molecule has 2 heterocycles. The molecule has 0 bridgehead atoms. The zero-order valence-electron chi connectivity index (χ0n) is 13.4. The van der Waals surface area contributed by atoms with Crippen molar-refractivity contribution < 1.29 is 9.59 Å². The molecule has 0 aliphatic heterocycles. The van der Waals surface area contributed by atoms with Crippen molar-refractivity contribution in [2.45, 2.75) is 23.7 Å². The summed E-state index contributed by atoms with van der Waals surface area (Å²) in [5.41, 5.74) is 1.82. The van der Waals surface area contributed by atoms with Crippen molar-refractivity contribution in [1.82, 2.24) is 20.6 Å². The average molecular weight is 372 g/mol. The van der Waals surface area contributed by atoms with Crippen LogP contribution in [0.15, 0.2) is 53.1 Å². The molecule has 3 aromatic rings. The predicted molar refractivity (Wildman–Crippen MR) is 99.6 cm³/mol. The van der Waals surface area contributed by atoms with Crippen molar-refractivity contribution in [3.8, 4) is 0 Å². The molecule has 2 N–H and O–H groups in total. The van der Waals surface area contributed by atoms with E-state index in [4.69, 9.17) is 0 Å². The number of carbonyl (C=O) groups is 2. The Bertz CT molecular complexity index is 882. The number of hydrogen-bond acceptors (Lipinski definition) is 6. The van der Waals surface area contributed by atoms with Crippen molar-refractivity contribution in [3.63, 3.8) is 0 Å². The SMILES string of the molecule is CC(Sc1ncnc2ccsc12)C(=O)NC(=O)NCc1ccccc1. The molecule has 3 amide bonds. The molecule has 1 aromatic carbocycles. The molecule has 1 atom stereocenters. The molecule has 0 aliphatic carbocycles. The number of amides is 3. The number of imide groups is 1. The van der Waals surface area contributed by atoms with Gasteiger partial charge in [-0.05, 0) is 23.9 Å². The van der Waals surface area contributed by atoms with Crippen molar-refractivity contribution in [2.75, 3.05) is 0 Å². The Morgan fingerprint density at radius 3 is 2.80 bits per heavy atom. The second-order valence-electron chi connectivity index (χ2n) is 5.23. The maximum atomic E-state index is 12.2. The third-order valence-electron chi connectivity index (χ3n) is 3.40. The first kappa shape index (κ1) is 17.4. The summed E-state index contributed by atoms with van der Waals surface area (Å²) >= 11 is 2.84. The molecule has 25 heavy (non-hydrogen) atoms. The van der Waals surface area contributed by atoms with Gasteiger partial charge in [-0.25, -0.2) is 14.8 Å². The van der Waals surface area contributed by atoms with E-state index in [0.717, 1.165) is 20.8 Å². The Balaban J connectivity index is 1.53. The lowest BCUT2D eigenvalue weighted by atomic mass is 10.2. The maximum Gasteiger partial charge on any atom is 0.321 e. The Hall–Kier alpha value is -2.45. The molecule has 1 unspecified atom stereocenters. The molecular formula is C17H16N4O2S2. The van der Waals surface area contributed by atoms with E-state index < -0.39 is 11.3 Å². The molecule has 2 aromatic heterocycles. The van der Waals surface area contributed by atoms with Crippen LogP contribution < -0.4 is 10.6 Å². The molecule has 0 fully saturated rings. The van der Waals surface area contributed by atoms with Gasteiger partial charge in [0.1, 0.15) is 11.4 Å². The largest absolute Gasteiger partial charge is 0.334 e. The predicted octanol–water partition coefficient (Wildman–Crippen LogP) is 3.20. The van der Waals surface area contributed by atoms with Gasteiger partial charge in [0.05, 0.1) is 15.5 Å². The van der Waals surface area contributed by atoms with Crippen LogP contribution in [-0.4, -0.2) is 27.2 Å². The summed E-state index contributed by atoms with van der Waals surface area (Å²) < 4.78 is 0.945. The van der Waals surface area contributed by atoms with Gasteiger partial charge in [-0.3, -0.25) is 10.1 Å². The molecule has 0 saturated heterocycles. The molecule has 0 aliphatic rings. The van der Waals surface area contributed by atoms with Crippen molar-refractivity contribution >= 4 is 45.3 Å². The minimum atomic E-state index is -0.509. The van der Waals surface area contributed by atoms with Crippen LogP contribution >= 0.6 is 23.1 Å². The molecule has 0 spiro atoms. The first-order chi connectivity index (χ1) is 12.1. The summed E-state index contributed by atoms with van der Waals surface area (Å²) in [5, 5.41) is 7.26. The number of urea groups is 1. The van der Waals surface area contributed by atoms with Crippen LogP contribution in [0.3, 0.4) is 0 Å². The number of rotatable bonds is 5. The van der Waals surface area contributed by atoms with Crippen molar-refractivity contribution in [2.24, 2.45) is 0 Å². The van der Waals surface area contributed by atoms with E-state index in [0.29, 0.717) is 6.54 Å². The topological polar surface area (TPSA) is 84.0 Å². The summed E-state index contributed by atoms with van der Waals surface area (Å²) in [4.78, 5) is 32.5. The fourth-order valence-electron chi connectivity index (χ4n) is 2.11. The van der Waals surface area contributed by atoms with Gasteiger partial charge >= 0.3 is 6.03 Å². The lowest BCUT2D eigenvalue weighted by Gasteiger charge is -2.11. The van der Waals surface area contributed by atoms with E-state index in [1.54, 1.807) is 6.92 Å². The summed E-state index contributed by atoms with van der Waals surface area (Å²) in [5.74, 6) is -0.362. The second-order valence-corrected chi connectivity index (χ2v) is 7.48. The van der Waals surface area contributed by atoms with Crippen LogP contribution in [0, 0.1) is 0 Å². The zero-order valence-corrected chi connectivity index (χ0v) is 15.1. The molecule has 128 valence electrons. The average Bonchev–Trinajstić information content (AvgIpc) is 3.10. The summed E-state index contributed by atoms with van der Waals surface area (Å²) in [6.45, 7) is 2.11. The maximum absolute atomic E-state index is 12.2. The molecule has 0 radical (unpaired) electrons. The molecule has 0 saturated carbocycles. The number of benzene rings is 1. The molecule has 6 nitrogen and oxygen atoms in total. The number of carbonyl (C=O) groups excluding carboxylic acids is 2. The minimum absolute atomic E-state index is 0.362. The third kappa shape index (κ3) is 4.55. The Kier molecular flexibility index (Phi) is 5.62. The fourth-order valence-corrected chi connectivity index (χ4v) is 3.94. The van der Waals surface area contributed by atoms with Crippen molar-refractivity contribution in [1.29, 1.82) is 0 Å². The van der Waals surface area contributed by atoms with Gasteiger partial charge in [-0.15, -0.1) is 11.3 Å². The smallest absolute Gasteiger partial charge is 0.321 e.